The molecule has 0 unspecified atom stereocenters. The van der Waals surface area contributed by atoms with Gasteiger partial charge < -0.3 is 9.15 Å². The van der Waals surface area contributed by atoms with Gasteiger partial charge in [0, 0.05) is 0 Å². The third-order valence-corrected chi connectivity index (χ3v) is 3.43. The molecule has 0 saturated heterocycles. The molecule has 3 rings (SSSR count). The van der Waals surface area contributed by atoms with Crippen molar-refractivity contribution in [3.8, 4) is 16.5 Å². The van der Waals surface area contributed by atoms with Crippen LogP contribution in [-0.2, 0) is 0 Å². The van der Waals surface area contributed by atoms with E-state index >= 15 is 0 Å². The predicted molar refractivity (Wildman–Crippen MR) is 70.1 cm³/mol. The van der Waals surface area contributed by atoms with Crippen molar-refractivity contribution in [2.24, 2.45) is 0 Å². The second-order valence-corrected chi connectivity index (χ2v) is 4.59. The number of benzene rings is 1. The van der Waals surface area contributed by atoms with Crippen LogP contribution in [0.4, 0.5) is 0 Å². The SMILES string of the molecule is COc1cccc2nc(-c3cccs3)oc(=O)c12. The Hall–Kier alpha value is -2.14. The molecule has 3 aromatic rings. The van der Waals surface area contributed by atoms with E-state index in [1.165, 1.54) is 18.4 Å². The molecule has 1 aromatic carbocycles. The number of rotatable bonds is 2. The van der Waals surface area contributed by atoms with Crippen molar-refractivity contribution in [3.05, 3.63) is 46.1 Å². The number of ether oxygens (including phenoxy) is 1. The van der Waals surface area contributed by atoms with Gasteiger partial charge >= 0.3 is 5.63 Å². The fourth-order valence-corrected chi connectivity index (χ4v) is 2.41. The Morgan fingerprint density at radius 2 is 2.17 bits per heavy atom. The molecule has 0 aliphatic heterocycles. The Kier molecular flexibility index (Phi) is 2.60. The number of fused-ring (bicyclic) bond motifs is 1. The maximum absolute atomic E-state index is 12.0. The van der Waals surface area contributed by atoms with E-state index in [9.17, 15) is 4.79 Å². The number of thiophene rings is 1. The smallest absolute Gasteiger partial charge is 0.350 e. The zero-order chi connectivity index (χ0) is 12.5. The van der Waals surface area contributed by atoms with Crippen molar-refractivity contribution in [3.63, 3.8) is 0 Å². The Bertz CT molecular complexity index is 747. The maximum atomic E-state index is 12.0. The molecule has 18 heavy (non-hydrogen) atoms. The van der Waals surface area contributed by atoms with Crippen molar-refractivity contribution < 1.29 is 9.15 Å². The van der Waals surface area contributed by atoms with Gasteiger partial charge in [0.05, 0.1) is 17.5 Å². The molecule has 2 heterocycles. The molecule has 0 aliphatic rings. The van der Waals surface area contributed by atoms with Crippen LogP contribution in [0, 0.1) is 0 Å². The molecule has 4 nitrogen and oxygen atoms in total. The summed E-state index contributed by atoms with van der Waals surface area (Å²) in [5, 5.41) is 2.28. The van der Waals surface area contributed by atoms with Crippen molar-refractivity contribution in [2.75, 3.05) is 7.11 Å². The van der Waals surface area contributed by atoms with Gasteiger partial charge in [0.1, 0.15) is 11.1 Å². The van der Waals surface area contributed by atoms with Gasteiger partial charge in [0.25, 0.3) is 0 Å². The first kappa shape index (κ1) is 11.0. The van der Waals surface area contributed by atoms with E-state index in [2.05, 4.69) is 4.98 Å². The van der Waals surface area contributed by atoms with Crippen LogP contribution in [0.2, 0.25) is 0 Å². The van der Waals surface area contributed by atoms with Crippen LogP contribution in [-0.4, -0.2) is 12.1 Å². The van der Waals surface area contributed by atoms with Crippen LogP contribution in [0.1, 0.15) is 0 Å². The lowest BCUT2D eigenvalue weighted by Crippen LogP contribution is -2.04. The van der Waals surface area contributed by atoms with E-state index in [1.807, 2.05) is 17.5 Å². The van der Waals surface area contributed by atoms with Crippen LogP contribution in [0.25, 0.3) is 21.7 Å². The molecule has 0 radical (unpaired) electrons. The molecular formula is C13H9NO3S. The van der Waals surface area contributed by atoms with E-state index in [-0.39, 0.29) is 0 Å². The molecule has 0 atom stereocenters. The number of hydrogen-bond donors (Lipinski definition) is 0. The first-order valence-electron chi connectivity index (χ1n) is 5.31. The number of methoxy groups -OCH3 is 1. The second-order valence-electron chi connectivity index (χ2n) is 3.64. The van der Waals surface area contributed by atoms with E-state index in [1.54, 1.807) is 18.2 Å². The minimum absolute atomic E-state index is 0.343. The summed E-state index contributed by atoms with van der Waals surface area (Å²) in [6.45, 7) is 0. The van der Waals surface area contributed by atoms with Gasteiger partial charge in [-0.15, -0.1) is 11.3 Å². The van der Waals surface area contributed by atoms with Gasteiger partial charge in [-0.1, -0.05) is 12.1 Å². The second kappa shape index (κ2) is 4.27. The third-order valence-electron chi connectivity index (χ3n) is 2.57. The molecule has 90 valence electrons. The molecule has 5 heteroatoms. The van der Waals surface area contributed by atoms with Crippen LogP contribution in [0.5, 0.6) is 5.75 Å². The minimum Gasteiger partial charge on any atom is -0.496 e. The summed E-state index contributed by atoms with van der Waals surface area (Å²) < 4.78 is 10.4. The first-order chi connectivity index (χ1) is 8.79. The van der Waals surface area contributed by atoms with Gasteiger partial charge in [0.2, 0.25) is 5.89 Å². The monoisotopic (exact) mass is 259 g/mol. The zero-order valence-corrected chi connectivity index (χ0v) is 10.4. The molecule has 0 amide bonds. The highest BCUT2D eigenvalue weighted by atomic mass is 32.1. The molecule has 2 aromatic heterocycles. The minimum atomic E-state index is -0.430. The van der Waals surface area contributed by atoms with Crippen LogP contribution in [0.15, 0.2) is 44.9 Å². The van der Waals surface area contributed by atoms with Gasteiger partial charge in [-0.05, 0) is 23.6 Å². The summed E-state index contributed by atoms with van der Waals surface area (Å²) in [6.07, 6.45) is 0. The van der Waals surface area contributed by atoms with Crippen molar-refractivity contribution >= 4 is 22.2 Å². The van der Waals surface area contributed by atoms with Crippen molar-refractivity contribution in [1.82, 2.24) is 4.98 Å². The third kappa shape index (κ3) is 1.69. The molecular weight excluding hydrogens is 250 g/mol. The van der Waals surface area contributed by atoms with Crippen molar-refractivity contribution in [1.29, 1.82) is 0 Å². The summed E-state index contributed by atoms with van der Waals surface area (Å²) in [5.41, 5.74) is 0.148. The van der Waals surface area contributed by atoms with Crippen LogP contribution < -0.4 is 10.4 Å². The summed E-state index contributed by atoms with van der Waals surface area (Å²) in [7, 11) is 1.52. The quantitative estimate of drug-likeness (QED) is 0.710. The normalized spacial score (nSPS) is 10.7. The lowest BCUT2D eigenvalue weighted by molar-refractivity contribution is 0.416. The highest BCUT2D eigenvalue weighted by Crippen LogP contribution is 2.26. The zero-order valence-electron chi connectivity index (χ0n) is 9.54. The van der Waals surface area contributed by atoms with Crippen LogP contribution in [0.3, 0.4) is 0 Å². The molecule has 0 bridgehead atoms. The average Bonchev–Trinajstić information content (AvgIpc) is 2.91. The number of aromatic nitrogens is 1. The Morgan fingerprint density at radius 1 is 1.28 bits per heavy atom. The number of hydrogen-bond acceptors (Lipinski definition) is 5. The molecule has 0 spiro atoms. The van der Waals surface area contributed by atoms with Crippen molar-refractivity contribution in [2.45, 2.75) is 0 Å². The highest BCUT2D eigenvalue weighted by Gasteiger charge is 2.12. The maximum Gasteiger partial charge on any atom is 0.350 e. The highest BCUT2D eigenvalue weighted by molar-refractivity contribution is 7.13. The predicted octanol–water partition coefficient (Wildman–Crippen LogP) is 2.93. The van der Waals surface area contributed by atoms with E-state index in [0.29, 0.717) is 22.5 Å². The number of nitrogens with zero attached hydrogens (tertiary/aromatic N) is 1. The van der Waals surface area contributed by atoms with Gasteiger partial charge in [-0.25, -0.2) is 9.78 Å². The van der Waals surface area contributed by atoms with Crippen LogP contribution >= 0.6 is 11.3 Å². The molecule has 0 fully saturated rings. The standard InChI is InChI=1S/C13H9NO3S/c1-16-9-5-2-4-8-11(9)13(15)17-12(14-8)10-6-3-7-18-10/h2-7H,1H3. The van der Waals surface area contributed by atoms with E-state index in [0.717, 1.165) is 4.88 Å². The summed E-state index contributed by atoms with van der Waals surface area (Å²) in [6, 6.07) is 9.03. The Morgan fingerprint density at radius 3 is 2.89 bits per heavy atom. The topological polar surface area (TPSA) is 52.3 Å². The van der Waals surface area contributed by atoms with Gasteiger partial charge in [0.15, 0.2) is 0 Å². The summed E-state index contributed by atoms with van der Waals surface area (Å²) in [4.78, 5) is 17.2. The van der Waals surface area contributed by atoms with E-state index < -0.39 is 5.63 Å². The fourth-order valence-electron chi connectivity index (χ4n) is 1.76. The van der Waals surface area contributed by atoms with E-state index in [4.69, 9.17) is 9.15 Å². The summed E-state index contributed by atoms with van der Waals surface area (Å²) >= 11 is 1.48. The molecule has 0 N–H and O–H groups in total. The lowest BCUT2D eigenvalue weighted by atomic mass is 10.2. The molecule has 0 saturated carbocycles. The lowest BCUT2D eigenvalue weighted by Gasteiger charge is -2.03. The first-order valence-corrected chi connectivity index (χ1v) is 6.19. The Labute approximate surface area is 106 Å². The average molecular weight is 259 g/mol. The Balaban J connectivity index is 2.33. The largest absolute Gasteiger partial charge is 0.496 e. The van der Waals surface area contributed by atoms with Gasteiger partial charge in [-0.3, -0.25) is 0 Å². The van der Waals surface area contributed by atoms with Gasteiger partial charge in [-0.2, -0.15) is 0 Å². The summed E-state index contributed by atoms with van der Waals surface area (Å²) in [5.74, 6) is 0.822. The molecule has 0 aliphatic carbocycles. The fraction of sp³-hybridized carbons (Fsp3) is 0.0769.